The molecule has 25 heavy (non-hydrogen) atoms. The van der Waals surface area contributed by atoms with Crippen molar-refractivity contribution in [2.75, 3.05) is 6.61 Å². The van der Waals surface area contributed by atoms with E-state index in [0.717, 1.165) is 28.2 Å². The average molecular weight is 330 g/mol. The summed E-state index contributed by atoms with van der Waals surface area (Å²) in [6, 6.07) is 26.3. The van der Waals surface area contributed by atoms with Gasteiger partial charge in [-0.2, -0.15) is 0 Å². The molecule has 0 saturated heterocycles. The van der Waals surface area contributed by atoms with Gasteiger partial charge >= 0.3 is 0 Å². The van der Waals surface area contributed by atoms with Crippen LogP contribution in [0.25, 0.3) is 12.2 Å². The first-order valence-corrected chi connectivity index (χ1v) is 8.52. The van der Waals surface area contributed by atoms with Gasteiger partial charge in [0.1, 0.15) is 18.1 Å². The van der Waals surface area contributed by atoms with Gasteiger partial charge in [-0.15, -0.1) is 0 Å². The largest absolute Gasteiger partial charge is 0.494 e. The zero-order valence-electron chi connectivity index (χ0n) is 14.4. The van der Waals surface area contributed by atoms with E-state index in [1.807, 2.05) is 61.5 Å². The molecule has 0 radical (unpaired) electrons. The normalized spacial score (nSPS) is 10.8. The van der Waals surface area contributed by atoms with Crippen LogP contribution >= 0.6 is 0 Å². The van der Waals surface area contributed by atoms with Crippen molar-refractivity contribution in [2.24, 2.45) is 0 Å². The van der Waals surface area contributed by atoms with E-state index in [9.17, 15) is 0 Å². The molecular formula is C23H22O2. The van der Waals surface area contributed by atoms with E-state index >= 15 is 0 Å². The Morgan fingerprint density at radius 2 is 1.56 bits per heavy atom. The number of rotatable bonds is 7. The van der Waals surface area contributed by atoms with E-state index in [4.69, 9.17) is 9.47 Å². The van der Waals surface area contributed by atoms with Gasteiger partial charge in [0, 0.05) is 5.56 Å². The molecular weight excluding hydrogens is 308 g/mol. The molecule has 0 aliphatic carbocycles. The maximum atomic E-state index is 6.00. The topological polar surface area (TPSA) is 18.5 Å². The SMILES string of the molecule is CCOc1cccc(/C=C/c2ccccc2OCc2ccccc2)c1. The molecule has 0 spiro atoms. The minimum atomic E-state index is 0.561. The Morgan fingerprint density at radius 1 is 0.760 bits per heavy atom. The first-order chi connectivity index (χ1) is 12.3. The van der Waals surface area contributed by atoms with E-state index in [2.05, 4.69) is 36.4 Å². The minimum absolute atomic E-state index is 0.561. The Morgan fingerprint density at radius 3 is 2.40 bits per heavy atom. The summed E-state index contributed by atoms with van der Waals surface area (Å²) in [5, 5.41) is 0. The Kier molecular flexibility index (Phi) is 5.89. The van der Waals surface area contributed by atoms with Crippen LogP contribution in [0, 0.1) is 0 Å². The molecule has 3 rings (SSSR count). The molecule has 0 saturated carbocycles. The molecule has 3 aromatic rings. The standard InChI is InChI=1S/C23H22O2/c1-2-24-22-13-8-11-19(17-22)15-16-21-12-6-7-14-23(21)25-18-20-9-4-3-5-10-20/h3-17H,2,18H2,1H3/b16-15+. The first-order valence-electron chi connectivity index (χ1n) is 8.52. The van der Waals surface area contributed by atoms with E-state index in [1.165, 1.54) is 0 Å². The fourth-order valence-corrected chi connectivity index (χ4v) is 2.55. The maximum Gasteiger partial charge on any atom is 0.127 e. The second-order valence-electron chi connectivity index (χ2n) is 5.65. The van der Waals surface area contributed by atoms with Gasteiger partial charge < -0.3 is 9.47 Å². The molecule has 0 aromatic heterocycles. The molecule has 0 atom stereocenters. The average Bonchev–Trinajstić information content (AvgIpc) is 2.67. The highest BCUT2D eigenvalue weighted by atomic mass is 16.5. The summed E-state index contributed by atoms with van der Waals surface area (Å²) in [6.07, 6.45) is 4.15. The summed E-state index contributed by atoms with van der Waals surface area (Å²) in [7, 11) is 0. The van der Waals surface area contributed by atoms with Gasteiger partial charge in [-0.1, -0.05) is 72.8 Å². The molecule has 0 N–H and O–H groups in total. The van der Waals surface area contributed by atoms with Crippen molar-refractivity contribution in [3.05, 3.63) is 95.6 Å². The lowest BCUT2D eigenvalue weighted by atomic mass is 10.1. The third-order valence-corrected chi connectivity index (χ3v) is 3.78. The van der Waals surface area contributed by atoms with E-state index in [1.54, 1.807) is 0 Å². The molecule has 2 nitrogen and oxygen atoms in total. The molecule has 126 valence electrons. The number of para-hydroxylation sites is 1. The van der Waals surface area contributed by atoms with Crippen LogP contribution in [0.15, 0.2) is 78.9 Å². The Hall–Kier alpha value is -3.00. The molecule has 0 unspecified atom stereocenters. The summed E-state index contributed by atoms with van der Waals surface area (Å²) < 4.78 is 11.5. The lowest BCUT2D eigenvalue weighted by Crippen LogP contribution is -1.96. The van der Waals surface area contributed by atoms with Gasteiger partial charge in [-0.05, 0) is 36.2 Å². The monoisotopic (exact) mass is 330 g/mol. The lowest BCUT2D eigenvalue weighted by molar-refractivity contribution is 0.305. The summed E-state index contributed by atoms with van der Waals surface area (Å²) in [4.78, 5) is 0. The fraction of sp³-hybridized carbons (Fsp3) is 0.130. The Balaban J connectivity index is 1.73. The quantitative estimate of drug-likeness (QED) is 0.507. The smallest absolute Gasteiger partial charge is 0.127 e. The fourth-order valence-electron chi connectivity index (χ4n) is 2.55. The van der Waals surface area contributed by atoms with Gasteiger partial charge in [0.05, 0.1) is 6.61 Å². The van der Waals surface area contributed by atoms with Crippen molar-refractivity contribution in [1.29, 1.82) is 0 Å². The third-order valence-electron chi connectivity index (χ3n) is 3.78. The zero-order valence-corrected chi connectivity index (χ0v) is 14.4. The van der Waals surface area contributed by atoms with Crippen LogP contribution in [0.1, 0.15) is 23.6 Å². The van der Waals surface area contributed by atoms with Gasteiger partial charge in [-0.3, -0.25) is 0 Å². The molecule has 2 heteroatoms. The van der Waals surface area contributed by atoms with Crippen molar-refractivity contribution in [3.8, 4) is 11.5 Å². The molecule has 0 heterocycles. The minimum Gasteiger partial charge on any atom is -0.494 e. The third kappa shape index (κ3) is 4.98. The Bertz CT molecular complexity index is 822. The van der Waals surface area contributed by atoms with Gasteiger partial charge in [-0.25, -0.2) is 0 Å². The molecule has 0 fully saturated rings. The Labute approximate surface area is 149 Å². The predicted molar refractivity (Wildman–Crippen MR) is 104 cm³/mol. The van der Waals surface area contributed by atoms with Gasteiger partial charge in [0.15, 0.2) is 0 Å². The molecule has 0 amide bonds. The summed E-state index contributed by atoms with van der Waals surface area (Å²) in [5.41, 5.74) is 3.31. The van der Waals surface area contributed by atoms with E-state index in [-0.39, 0.29) is 0 Å². The highest BCUT2D eigenvalue weighted by Gasteiger charge is 2.01. The van der Waals surface area contributed by atoms with Crippen molar-refractivity contribution < 1.29 is 9.47 Å². The number of benzene rings is 3. The zero-order chi connectivity index (χ0) is 17.3. The van der Waals surface area contributed by atoms with Crippen molar-refractivity contribution in [2.45, 2.75) is 13.5 Å². The van der Waals surface area contributed by atoms with Crippen LogP contribution < -0.4 is 9.47 Å². The second-order valence-corrected chi connectivity index (χ2v) is 5.65. The molecule has 3 aromatic carbocycles. The maximum absolute atomic E-state index is 6.00. The number of hydrogen-bond donors (Lipinski definition) is 0. The summed E-state index contributed by atoms with van der Waals surface area (Å²) in [5.74, 6) is 1.77. The highest BCUT2D eigenvalue weighted by Crippen LogP contribution is 2.23. The van der Waals surface area contributed by atoms with E-state index < -0.39 is 0 Å². The second kappa shape index (κ2) is 8.74. The van der Waals surface area contributed by atoms with E-state index in [0.29, 0.717) is 13.2 Å². The molecule has 0 aliphatic rings. The first kappa shape index (κ1) is 16.8. The number of hydrogen-bond acceptors (Lipinski definition) is 2. The van der Waals surface area contributed by atoms with Crippen molar-refractivity contribution >= 4 is 12.2 Å². The predicted octanol–water partition coefficient (Wildman–Crippen LogP) is 5.83. The number of ether oxygens (including phenoxy) is 2. The van der Waals surface area contributed by atoms with Crippen LogP contribution in [0.4, 0.5) is 0 Å². The van der Waals surface area contributed by atoms with Crippen LogP contribution in [-0.4, -0.2) is 6.61 Å². The summed E-state index contributed by atoms with van der Waals surface area (Å²) >= 11 is 0. The van der Waals surface area contributed by atoms with Crippen molar-refractivity contribution in [3.63, 3.8) is 0 Å². The van der Waals surface area contributed by atoms with Crippen LogP contribution in [0.5, 0.6) is 11.5 Å². The van der Waals surface area contributed by atoms with Gasteiger partial charge in [0.25, 0.3) is 0 Å². The lowest BCUT2D eigenvalue weighted by Gasteiger charge is -2.09. The highest BCUT2D eigenvalue weighted by molar-refractivity contribution is 5.73. The van der Waals surface area contributed by atoms with Crippen LogP contribution in [0.3, 0.4) is 0 Å². The van der Waals surface area contributed by atoms with Crippen LogP contribution in [-0.2, 0) is 6.61 Å². The summed E-state index contributed by atoms with van der Waals surface area (Å²) in [6.45, 7) is 3.22. The van der Waals surface area contributed by atoms with Gasteiger partial charge in [0.2, 0.25) is 0 Å². The van der Waals surface area contributed by atoms with Crippen LogP contribution in [0.2, 0.25) is 0 Å². The molecule has 0 bridgehead atoms. The van der Waals surface area contributed by atoms with Crippen molar-refractivity contribution in [1.82, 2.24) is 0 Å². The molecule has 0 aliphatic heterocycles.